The summed E-state index contributed by atoms with van der Waals surface area (Å²) in [5, 5.41) is 6.89. The number of aromatic nitrogens is 6. The highest BCUT2D eigenvalue weighted by Crippen LogP contribution is 2.40. The number of anilines is 1. The maximum Gasteiger partial charge on any atom is 0.434 e. The van der Waals surface area contributed by atoms with Crippen LogP contribution in [0.1, 0.15) is 59.3 Å². The summed E-state index contributed by atoms with van der Waals surface area (Å²) < 4.78 is 13.6. The zero-order valence-electron chi connectivity index (χ0n) is 23.5. The van der Waals surface area contributed by atoms with E-state index in [4.69, 9.17) is 30.7 Å². The molecule has 0 unspecified atom stereocenters. The van der Waals surface area contributed by atoms with E-state index < -0.39 is 5.76 Å². The molecule has 1 N–H and O–H groups in total. The average Bonchev–Trinajstić information content (AvgIpc) is 3.68. The average molecular weight is 566 g/mol. The van der Waals surface area contributed by atoms with Gasteiger partial charge in [0, 0.05) is 38.2 Å². The summed E-state index contributed by atoms with van der Waals surface area (Å²) in [6, 6.07) is 3.88. The van der Waals surface area contributed by atoms with Crippen molar-refractivity contribution in [1.82, 2.24) is 29.7 Å². The minimum atomic E-state index is -0.637. The highest BCUT2D eigenvalue weighted by molar-refractivity contribution is 6.30. The normalized spacial score (nSPS) is 21.9. The number of methoxy groups -OCH3 is 1. The van der Waals surface area contributed by atoms with Gasteiger partial charge in [0.15, 0.2) is 0 Å². The molecule has 1 atom stereocenters. The lowest BCUT2D eigenvalue weighted by molar-refractivity contribution is 0.00151. The van der Waals surface area contributed by atoms with Gasteiger partial charge in [0.25, 0.3) is 5.89 Å². The Morgan fingerprint density at radius 1 is 1.15 bits per heavy atom. The molecule has 6 rings (SSSR count). The van der Waals surface area contributed by atoms with Crippen molar-refractivity contribution < 1.29 is 9.15 Å². The molecule has 1 aliphatic carbocycles. The van der Waals surface area contributed by atoms with Gasteiger partial charge in [0.1, 0.15) is 5.69 Å². The van der Waals surface area contributed by atoms with E-state index in [2.05, 4.69) is 45.4 Å². The van der Waals surface area contributed by atoms with Crippen molar-refractivity contribution in [3.63, 3.8) is 0 Å². The van der Waals surface area contributed by atoms with Gasteiger partial charge in [-0.3, -0.25) is 4.98 Å². The summed E-state index contributed by atoms with van der Waals surface area (Å²) in [6.45, 7) is 8.38. The van der Waals surface area contributed by atoms with Crippen molar-refractivity contribution in [1.29, 1.82) is 0 Å². The van der Waals surface area contributed by atoms with E-state index in [1.165, 1.54) is 25.7 Å². The van der Waals surface area contributed by atoms with E-state index in [1.54, 1.807) is 19.5 Å². The summed E-state index contributed by atoms with van der Waals surface area (Å²) in [4.78, 5) is 28.8. The predicted octanol–water partition coefficient (Wildman–Crippen LogP) is 5.71. The lowest BCUT2D eigenvalue weighted by atomic mass is 9.83. The Bertz CT molecular complexity index is 1570. The molecule has 1 saturated carbocycles. The standard InChI is InChI=1S/C29H36ClN7O3/c1-17-7-9-18(10-8-17)16-37-25-21(33-27(37)36-11-5-6-23(36)29(2,3)39-4)13-22(26-34-35-28(38)40-26)32-24(25)19-12-20(30)15-31-14-19/h12-15,17-18,23H,5-11,16H2,1-4H3,(H,35,38)/t17?,18?,23-/m0/s1. The van der Waals surface area contributed by atoms with Crippen LogP contribution in [0.2, 0.25) is 5.02 Å². The first-order chi connectivity index (χ1) is 19.2. The monoisotopic (exact) mass is 565 g/mol. The fourth-order valence-electron chi connectivity index (χ4n) is 6.36. The fraction of sp³-hybridized carbons (Fsp3) is 0.552. The van der Waals surface area contributed by atoms with Crippen LogP contribution in [-0.2, 0) is 11.3 Å². The first-order valence-corrected chi connectivity index (χ1v) is 14.5. The van der Waals surface area contributed by atoms with Gasteiger partial charge in [-0.25, -0.2) is 19.9 Å². The number of imidazole rings is 1. The first-order valence-electron chi connectivity index (χ1n) is 14.1. The Balaban J connectivity index is 1.58. The molecule has 0 radical (unpaired) electrons. The van der Waals surface area contributed by atoms with Gasteiger partial charge in [-0.15, -0.1) is 5.10 Å². The highest BCUT2D eigenvalue weighted by atomic mass is 35.5. The van der Waals surface area contributed by atoms with Crippen LogP contribution in [0.25, 0.3) is 33.9 Å². The number of pyridine rings is 2. The van der Waals surface area contributed by atoms with Crippen molar-refractivity contribution in [3.05, 3.63) is 40.1 Å². The molecule has 0 amide bonds. The third kappa shape index (κ3) is 5.03. The number of rotatable bonds is 7. The molecule has 4 aromatic rings. The molecule has 0 aromatic carbocycles. The summed E-state index contributed by atoms with van der Waals surface area (Å²) in [7, 11) is 1.78. The molecule has 1 aliphatic heterocycles. The van der Waals surface area contributed by atoms with Crippen LogP contribution in [0.5, 0.6) is 0 Å². The Morgan fingerprint density at radius 2 is 1.95 bits per heavy atom. The molecule has 212 valence electrons. The predicted molar refractivity (Wildman–Crippen MR) is 154 cm³/mol. The maximum absolute atomic E-state index is 11.8. The molecule has 40 heavy (non-hydrogen) atoms. The zero-order valence-corrected chi connectivity index (χ0v) is 24.2. The van der Waals surface area contributed by atoms with Gasteiger partial charge in [-0.05, 0) is 63.5 Å². The Labute approximate surface area is 238 Å². The quantitative estimate of drug-likeness (QED) is 0.303. The van der Waals surface area contributed by atoms with E-state index in [1.807, 2.05) is 12.1 Å². The maximum atomic E-state index is 11.8. The summed E-state index contributed by atoms with van der Waals surface area (Å²) in [6.07, 6.45) is 10.3. The Kier molecular flexibility index (Phi) is 7.16. The minimum Gasteiger partial charge on any atom is -0.386 e. The highest BCUT2D eigenvalue weighted by Gasteiger charge is 2.40. The fourth-order valence-corrected chi connectivity index (χ4v) is 6.54. The molecule has 2 aliphatic rings. The van der Waals surface area contributed by atoms with Crippen molar-refractivity contribution in [2.75, 3.05) is 18.6 Å². The molecule has 1 saturated heterocycles. The second-order valence-electron chi connectivity index (χ2n) is 11.8. The van der Waals surface area contributed by atoms with E-state index in [9.17, 15) is 4.79 Å². The van der Waals surface area contributed by atoms with Gasteiger partial charge in [-0.1, -0.05) is 31.4 Å². The number of nitrogens with one attached hydrogen (secondary N) is 1. The smallest absolute Gasteiger partial charge is 0.386 e. The van der Waals surface area contributed by atoms with Crippen molar-refractivity contribution in [2.24, 2.45) is 11.8 Å². The van der Waals surface area contributed by atoms with E-state index in [0.29, 0.717) is 22.3 Å². The Hall–Kier alpha value is -3.24. The van der Waals surface area contributed by atoms with Crippen LogP contribution >= 0.6 is 11.6 Å². The number of halogens is 1. The number of fused-ring (bicyclic) bond motifs is 1. The van der Waals surface area contributed by atoms with Crippen LogP contribution in [0.3, 0.4) is 0 Å². The number of hydrogen-bond donors (Lipinski definition) is 1. The number of ether oxygens (including phenoxy) is 1. The SMILES string of the molecule is COC(C)(C)[C@@H]1CCCN1c1nc2cc(-c3n[nH]c(=O)o3)nc(-c3cncc(Cl)c3)c2n1CC1CCC(C)CC1. The molecular formula is C29H36ClN7O3. The lowest BCUT2D eigenvalue weighted by Gasteiger charge is -2.38. The zero-order chi connectivity index (χ0) is 28.0. The van der Waals surface area contributed by atoms with Crippen LogP contribution < -0.4 is 10.7 Å². The van der Waals surface area contributed by atoms with Gasteiger partial charge in [-0.2, -0.15) is 0 Å². The third-order valence-electron chi connectivity index (χ3n) is 8.75. The Morgan fingerprint density at radius 3 is 2.65 bits per heavy atom. The lowest BCUT2D eigenvalue weighted by Crippen LogP contribution is -2.48. The first kappa shape index (κ1) is 27.0. The van der Waals surface area contributed by atoms with E-state index in [-0.39, 0.29) is 17.5 Å². The van der Waals surface area contributed by atoms with Crippen molar-refractivity contribution >= 4 is 28.6 Å². The van der Waals surface area contributed by atoms with E-state index >= 15 is 0 Å². The summed E-state index contributed by atoms with van der Waals surface area (Å²) in [5.41, 5.74) is 3.18. The molecule has 0 bridgehead atoms. The van der Waals surface area contributed by atoms with Crippen LogP contribution in [0.4, 0.5) is 5.95 Å². The number of aromatic amines is 1. The van der Waals surface area contributed by atoms with Crippen LogP contribution in [-0.4, -0.2) is 55.0 Å². The summed E-state index contributed by atoms with van der Waals surface area (Å²) in [5.74, 6) is 1.70. The van der Waals surface area contributed by atoms with Crippen molar-refractivity contribution in [2.45, 2.75) is 77.5 Å². The molecule has 4 aromatic heterocycles. The second-order valence-corrected chi connectivity index (χ2v) is 12.3. The van der Waals surface area contributed by atoms with Gasteiger partial charge < -0.3 is 18.6 Å². The molecule has 0 spiro atoms. The number of nitrogens with zero attached hydrogens (tertiary/aromatic N) is 6. The molecule has 10 nitrogen and oxygen atoms in total. The number of hydrogen-bond acceptors (Lipinski definition) is 8. The molecule has 11 heteroatoms. The van der Waals surface area contributed by atoms with Gasteiger partial charge in [0.05, 0.1) is 33.4 Å². The molecular weight excluding hydrogens is 530 g/mol. The van der Waals surface area contributed by atoms with E-state index in [0.717, 1.165) is 54.4 Å². The topological polar surface area (TPSA) is 115 Å². The second kappa shape index (κ2) is 10.6. The molecule has 5 heterocycles. The number of H-pyrrole nitrogens is 1. The van der Waals surface area contributed by atoms with Crippen LogP contribution in [0, 0.1) is 11.8 Å². The largest absolute Gasteiger partial charge is 0.434 e. The van der Waals surface area contributed by atoms with Crippen molar-refractivity contribution in [3.8, 4) is 22.8 Å². The third-order valence-corrected chi connectivity index (χ3v) is 8.96. The van der Waals surface area contributed by atoms with Crippen LogP contribution in [0.15, 0.2) is 33.7 Å². The minimum absolute atomic E-state index is 0.111. The summed E-state index contributed by atoms with van der Waals surface area (Å²) >= 11 is 6.40. The van der Waals surface area contributed by atoms with Gasteiger partial charge >= 0.3 is 5.76 Å². The van der Waals surface area contributed by atoms with Gasteiger partial charge in [0.2, 0.25) is 5.95 Å². The molecule has 2 fully saturated rings.